The Labute approximate surface area is 145 Å². The molecule has 0 radical (unpaired) electrons. The third kappa shape index (κ3) is 4.66. The van der Waals surface area contributed by atoms with Crippen molar-refractivity contribution in [2.45, 2.75) is 18.2 Å². The van der Waals surface area contributed by atoms with Crippen LogP contribution in [-0.2, 0) is 14.6 Å². The zero-order valence-corrected chi connectivity index (χ0v) is 14.5. The van der Waals surface area contributed by atoms with E-state index in [9.17, 15) is 18.0 Å². The number of sulfone groups is 1. The Morgan fingerprint density at radius 1 is 1.04 bits per heavy atom. The van der Waals surface area contributed by atoms with Crippen LogP contribution in [0.5, 0.6) is 0 Å². The van der Waals surface area contributed by atoms with Gasteiger partial charge in [0.05, 0.1) is 15.7 Å². The molecule has 0 fully saturated rings. The second-order valence-corrected chi connectivity index (χ2v) is 7.67. The van der Waals surface area contributed by atoms with E-state index in [4.69, 9.17) is 11.6 Å². The Morgan fingerprint density at radius 3 is 2.25 bits per heavy atom. The molecule has 0 aromatic heterocycles. The van der Waals surface area contributed by atoms with Crippen molar-refractivity contribution in [1.82, 2.24) is 0 Å². The molecule has 0 saturated heterocycles. The Hall–Kier alpha value is -2.18. The molecule has 0 bridgehead atoms. The number of nitrogens with one attached hydrogen (secondary N) is 1. The first-order chi connectivity index (χ1) is 11.3. The SMILES string of the molecule is CC(=O)c1ccc(NC(=O)CCS(=O)(=O)c2ccccc2Cl)cc1. The number of hydrogen-bond donors (Lipinski definition) is 1. The summed E-state index contributed by atoms with van der Waals surface area (Å²) in [5, 5.41) is 2.74. The van der Waals surface area contributed by atoms with Crippen molar-refractivity contribution in [2.75, 3.05) is 11.1 Å². The molecule has 2 aromatic rings. The highest BCUT2D eigenvalue weighted by Crippen LogP contribution is 2.22. The molecule has 0 saturated carbocycles. The van der Waals surface area contributed by atoms with E-state index >= 15 is 0 Å². The minimum atomic E-state index is -3.63. The fourth-order valence-corrected chi connectivity index (χ4v) is 3.86. The number of amides is 1. The number of ketones is 1. The van der Waals surface area contributed by atoms with Crippen LogP contribution >= 0.6 is 11.6 Å². The zero-order chi connectivity index (χ0) is 17.7. The summed E-state index contributed by atoms with van der Waals surface area (Å²) >= 11 is 5.89. The van der Waals surface area contributed by atoms with Gasteiger partial charge in [0.2, 0.25) is 5.91 Å². The second kappa shape index (κ2) is 7.59. The molecule has 0 aliphatic rings. The predicted molar refractivity (Wildman–Crippen MR) is 93.2 cm³/mol. The molecular formula is C17H16ClNO4S. The first-order valence-electron chi connectivity index (χ1n) is 7.18. The van der Waals surface area contributed by atoms with E-state index in [1.165, 1.54) is 19.1 Å². The smallest absolute Gasteiger partial charge is 0.225 e. The van der Waals surface area contributed by atoms with Gasteiger partial charge in [-0.15, -0.1) is 0 Å². The Morgan fingerprint density at radius 2 is 1.67 bits per heavy atom. The van der Waals surface area contributed by atoms with Crippen LogP contribution in [0.25, 0.3) is 0 Å². The standard InChI is InChI=1S/C17H16ClNO4S/c1-12(20)13-6-8-14(9-7-13)19-17(21)10-11-24(22,23)16-5-3-2-4-15(16)18/h2-9H,10-11H2,1H3,(H,19,21). The van der Waals surface area contributed by atoms with Gasteiger partial charge in [0.25, 0.3) is 0 Å². The molecule has 2 rings (SSSR count). The molecule has 0 unspecified atom stereocenters. The van der Waals surface area contributed by atoms with Crippen molar-refractivity contribution < 1.29 is 18.0 Å². The van der Waals surface area contributed by atoms with Crippen molar-refractivity contribution in [3.05, 3.63) is 59.1 Å². The molecule has 1 N–H and O–H groups in total. The highest BCUT2D eigenvalue weighted by Gasteiger charge is 2.19. The van der Waals surface area contributed by atoms with Crippen molar-refractivity contribution in [1.29, 1.82) is 0 Å². The zero-order valence-electron chi connectivity index (χ0n) is 13.0. The summed E-state index contributed by atoms with van der Waals surface area (Å²) in [6.07, 6.45) is -0.192. The van der Waals surface area contributed by atoms with Crippen LogP contribution in [-0.4, -0.2) is 25.9 Å². The Bertz CT molecular complexity index is 860. The maximum absolute atomic E-state index is 12.2. The minimum Gasteiger partial charge on any atom is -0.326 e. The third-order valence-electron chi connectivity index (χ3n) is 3.34. The lowest BCUT2D eigenvalue weighted by atomic mass is 10.1. The number of hydrogen-bond acceptors (Lipinski definition) is 4. The number of benzene rings is 2. The van der Waals surface area contributed by atoms with Gasteiger partial charge in [0.1, 0.15) is 0 Å². The van der Waals surface area contributed by atoms with Gasteiger partial charge in [-0.3, -0.25) is 9.59 Å². The first kappa shape index (κ1) is 18.2. The van der Waals surface area contributed by atoms with Crippen LogP contribution in [0.2, 0.25) is 5.02 Å². The average molecular weight is 366 g/mol. The monoisotopic (exact) mass is 365 g/mol. The number of carbonyl (C=O) groups is 2. The van der Waals surface area contributed by atoms with Gasteiger partial charge >= 0.3 is 0 Å². The fourth-order valence-electron chi connectivity index (χ4n) is 2.05. The summed E-state index contributed by atoms with van der Waals surface area (Å²) in [4.78, 5) is 23.1. The van der Waals surface area contributed by atoms with Gasteiger partial charge in [-0.2, -0.15) is 0 Å². The number of rotatable bonds is 6. The van der Waals surface area contributed by atoms with Crippen molar-refractivity contribution >= 4 is 38.8 Å². The number of anilines is 1. The summed E-state index contributed by atoms with van der Waals surface area (Å²) < 4.78 is 24.5. The van der Waals surface area contributed by atoms with E-state index in [1.807, 2.05) is 0 Å². The first-order valence-corrected chi connectivity index (χ1v) is 9.21. The lowest BCUT2D eigenvalue weighted by Gasteiger charge is -2.08. The van der Waals surface area contributed by atoms with Gasteiger partial charge in [-0.1, -0.05) is 23.7 Å². The number of halogens is 1. The van der Waals surface area contributed by atoms with Crippen molar-refractivity contribution in [3.8, 4) is 0 Å². The van der Waals surface area contributed by atoms with E-state index in [-0.39, 0.29) is 27.9 Å². The highest BCUT2D eigenvalue weighted by molar-refractivity contribution is 7.91. The normalized spacial score (nSPS) is 11.1. The number of Topliss-reactive ketones (excluding diaryl/α,β-unsaturated/α-hetero) is 1. The Balaban J connectivity index is 1.98. The van der Waals surface area contributed by atoms with Gasteiger partial charge in [-0.25, -0.2) is 8.42 Å². The minimum absolute atomic E-state index is 0.0188. The Kier molecular flexibility index (Phi) is 5.75. The van der Waals surface area contributed by atoms with Crippen molar-refractivity contribution in [2.24, 2.45) is 0 Å². The van der Waals surface area contributed by atoms with E-state index in [2.05, 4.69) is 5.32 Å². The molecule has 0 spiro atoms. The van der Waals surface area contributed by atoms with E-state index in [0.717, 1.165) is 0 Å². The molecule has 126 valence electrons. The summed E-state index contributed by atoms with van der Waals surface area (Å²) in [6, 6.07) is 12.5. The molecule has 0 aliphatic heterocycles. The largest absolute Gasteiger partial charge is 0.326 e. The molecule has 5 nitrogen and oxygen atoms in total. The van der Waals surface area contributed by atoms with Gasteiger partial charge in [0, 0.05) is 17.7 Å². The van der Waals surface area contributed by atoms with Crippen LogP contribution in [0.1, 0.15) is 23.7 Å². The summed E-state index contributed by atoms with van der Waals surface area (Å²) in [6.45, 7) is 1.45. The fraction of sp³-hybridized carbons (Fsp3) is 0.176. The lowest BCUT2D eigenvalue weighted by molar-refractivity contribution is -0.115. The van der Waals surface area contributed by atoms with E-state index in [1.54, 1.807) is 36.4 Å². The quantitative estimate of drug-likeness (QED) is 0.796. The van der Waals surface area contributed by atoms with Crippen molar-refractivity contribution in [3.63, 3.8) is 0 Å². The van der Waals surface area contributed by atoms with Gasteiger partial charge in [-0.05, 0) is 43.3 Å². The number of carbonyl (C=O) groups excluding carboxylic acids is 2. The molecule has 0 aliphatic carbocycles. The van der Waals surface area contributed by atoms with Crippen LogP contribution in [0.3, 0.4) is 0 Å². The second-order valence-electron chi connectivity index (χ2n) is 5.18. The summed E-state index contributed by atoms with van der Waals surface area (Å²) in [5.41, 5.74) is 1.04. The molecule has 2 aromatic carbocycles. The summed E-state index contributed by atoms with van der Waals surface area (Å²) in [7, 11) is -3.63. The lowest BCUT2D eigenvalue weighted by Crippen LogP contribution is -2.17. The molecular weight excluding hydrogens is 350 g/mol. The molecule has 0 atom stereocenters. The van der Waals surface area contributed by atoms with Gasteiger partial charge < -0.3 is 5.32 Å². The molecule has 0 heterocycles. The third-order valence-corrected chi connectivity index (χ3v) is 5.55. The maximum atomic E-state index is 12.2. The van der Waals surface area contributed by atoms with Crippen LogP contribution in [0, 0.1) is 0 Å². The maximum Gasteiger partial charge on any atom is 0.225 e. The van der Waals surface area contributed by atoms with Gasteiger partial charge in [0.15, 0.2) is 15.6 Å². The summed E-state index contributed by atoms with van der Waals surface area (Å²) in [5.74, 6) is -0.839. The molecule has 7 heteroatoms. The van der Waals surface area contributed by atoms with Crippen LogP contribution in [0.15, 0.2) is 53.4 Å². The van der Waals surface area contributed by atoms with Crippen LogP contribution < -0.4 is 5.32 Å². The van der Waals surface area contributed by atoms with E-state index < -0.39 is 15.7 Å². The highest BCUT2D eigenvalue weighted by atomic mass is 35.5. The van der Waals surface area contributed by atoms with E-state index in [0.29, 0.717) is 11.3 Å². The van der Waals surface area contributed by atoms with Crippen LogP contribution in [0.4, 0.5) is 5.69 Å². The molecule has 24 heavy (non-hydrogen) atoms. The average Bonchev–Trinajstić information content (AvgIpc) is 2.54. The molecule has 1 amide bonds. The topological polar surface area (TPSA) is 80.3 Å². The predicted octanol–water partition coefficient (Wildman–Crippen LogP) is 3.35.